The third-order valence-corrected chi connectivity index (χ3v) is 3.78. The van der Waals surface area contributed by atoms with Crippen molar-refractivity contribution in [3.8, 4) is 0 Å². The molecule has 1 unspecified atom stereocenters. The van der Waals surface area contributed by atoms with Crippen LogP contribution in [0.25, 0.3) is 0 Å². The number of hydrogen-bond acceptors (Lipinski definition) is 4. The lowest BCUT2D eigenvalue weighted by Crippen LogP contribution is -2.43. The van der Waals surface area contributed by atoms with Gasteiger partial charge in [-0.3, -0.25) is 0 Å². The first-order valence-corrected chi connectivity index (χ1v) is 6.56. The van der Waals surface area contributed by atoms with Crippen LogP contribution in [0.4, 0.5) is 0 Å². The second-order valence-corrected chi connectivity index (χ2v) is 6.41. The van der Waals surface area contributed by atoms with Crippen molar-refractivity contribution in [2.45, 2.75) is 71.8 Å². The van der Waals surface area contributed by atoms with Crippen LogP contribution in [0.5, 0.6) is 0 Å². The molecule has 2 heterocycles. The molecule has 4 nitrogen and oxygen atoms in total. The predicted molar refractivity (Wildman–Crippen MR) is 70.5 cm³/mol. The molecule has 0 spiro atoms. The largest absolute Gasteiger partial charge is 0.368 e. The Morgan fingerprint density at radius 3 is 2.39 bits per heavy atom. The van der Waals surface area contributed by atoms with Gasteiger partial charge in [0.15, 0.2) is 0 Å². The summed E-state index contributed by atoms with van der Waals surface area (Å²) < 4.78 is 11.3. The SMILES string of the molecule is Cc1noc(C)c1CNC1CC(C)(C)OC1(C)C. The highest BCUT2D eigenvalue weighted by molar-refractivity contribution is 5.20. The normalized spacial score (nSPS) is 25.6. The van der Waals surface area contributed by atoms with Crippen LogP contribution >= 0.6 is 0 Å². The number of nitrogens with zero attached hydrogens (tertiary/aromatic N) is 1. The summed E-state index contributed by atoms with van der Waals surface area (Å²) in [5.74, 6) is 0.899. The lowest BCUT2D eigenvalue weighted by atomic mass is 9.94. The number of rotatable bonds is 3. The van der Waals surface area contributed by atoms with Crippen LogP contribution < -0.4 is 5.32 Å². The highest BCUT2D eigenvalue weighted by atomic mass is 16.5. The van der Waals surface area contributed by atoms with E-state index in [4.69, 9.17) is 9.26 Å². The summed E-state index contributed by atoms with van der Waals surface area (Å²) >= 11 is 0. The Kier molecular flexibility index (Phi) is 3.28. The number of hydrogen-bond donors (Lipinski definition) is 1. The van der Waals surface area contributed by atoms with E-state index in [0.717, 1.165) is 30.0 Å². The predicted octanol–water partition coefficient (Wildman–Crippen LogP) is 2.73. The first kappa shape index (κ1) is 13.6. The Morgan fingerprint density at radius 1 is 1.28 bits per heavy atom. The summed E-state index contributed by atoms with van der Waals surface area (Å²) in [6.45, 7) is 13.3. The summed E-state index contributed by atoms with van der Waals surface area (Å²) in [5, 5.41) is 7.57. The van der Waals surface area contributed by atoms with Crippen LogP contribution in [0.2, 0.25) is 0 Å². The van der Waals surface area contributed by atoms with Gasteiger partial charge in [0.1, 0.15) is 5.76 Å². The highest BCUT2D eigenvalue weighted by Crippen LogP contribution is 2.37. The molecule has 1 saturated heterocycles. The molecular weight excluding hydrogens is 228 g/mol. The van der Waals surface area contributed by atoms with Crippen molar-refractivity contribution in [2.24, 2.45) is 0 Å². The second-order valence-electron chi connectivity index (χ2n) is 6.41. The van der Waals surface area contributed by atoms with E-state index < -0.39 is 0 Å². The van der Waals surface area contributed by atoms with E-state index in [-0.39, 0.29) is 11.2 Å². The van der Waals surface area contributed by atoms with Gasteiger partial charge >= 0.3 is 0 Å². The highest BCUT2D eigenvalue weighted by Gasteiger charge is 2.45. The molecule has 1 aliphatic heterocycles. The van der Waals surface area contributed by atoms with Gasteiger partial charge < -0.3 is 14.6 Å². The van der Waals surface area contributed by atoms with Crippen molar-refractivity contribution in [3.05, 3.63) is 17.0 Å². The molecule has 102 valence electrons. The van der Waals surface area contributed by atoms with E-state index in [1.54, 1.807) is 0 Å². The monoisotopic (exact) mass is 252 g/mol. The molecule has 0 aliphatic carbocycles. The average Bonchev–Trinajstić information content (AvgIpc) is 2.62. The van der Waals surface area contributed by atoms with Crippen molar-refractivity contribution < 1.29 is 9.26 Å². The molecule has 0 amide bonds. The van der Waals surface area contributed by atoms with Crippen molar-refractivity contribution in [3.63, 3.8) is 0 Å². The fourth-order valence-corrected chi connectivity index (χ4v) is 2.86. The second kappa shape index (κ2) is 4.35. The van der Waals surface area contributed by atoms with Gasteiger partial charge in [0.05, 0.1) is 16.9 Å². The maximum Gasteiger partial charge on any atom is 0.138 e. The van der Waals surface area contributed by atoms with Gasteiger partial charge in [0.25, 0.3) is 0 Å². The Hall–Kier alpha value is -0.870. The molecule has 1 aromatic rings. The number of aryl methyl sites for hydroxylation is 2. The molecule has 2 rings (SSSR count). The van der Waals surface area contributed by atoms with E-state index in [2.05, 4.69) is 38.2 Å². The maximum absolute atomic E-state index is 6.08. The van der Waals surface area contributed by atoms with Crippen molar-refractivity contribution in [1.29, 1.82) is 0 Å². The number of aromatic nitrogens is 1. The molecule has 4 heteroatoms. The molecule has 1 N–H and O–H groups in total. The van der Waals surface area contributed by atoms with Gasteiger partial charge in [-0.05, 0) is 48.0 Å². The van der Waals surface area contributed by atoms with Crippen LogP contribution in [0, 0.1) is 13.8 Å². The topological polar surface area (TPSA) is 47.3 Å². The fraction of sp³-hybridized carbons (Fsp3) is 0.786. The molecule has 0 aromatic carbocycles. The van der Waals surface area contributed by atoms with Crippen LogP contribution in [-0.4, -0.2) is 22.4 Å². The molecule has 1 atom stereocenters. The molecule has 18 heavy (non-hydrogen) atoms. The van der Waals surface area contributed by atoms with Gasteiger partial charge in [-0.15, -0.1) is 0 Å². The minimum absolute atomic E-state index is 0.0557. The van der Waals surface area contributed by atoms with Gasteiger partial charge in [-0.25, -0.2) is 0 Å². The van der Waals surface area contributed by atoms with Gasteiger partial charge in [-0.1, -0.05) is 5.16 Å². The summed E-state index contributed by atoms with van der Waals surface area (Å²) in [6.07, 6.45) is 1.02. The van der Waals surface area contributed by atoms with Crippen LogP contribution in [0.15, 0.2) is 4.52 Å². The zero-order valence-corrected chi connectivity index (χ0v) is 12.3. The van der Waals surface area contributed by atoms with Crippen molar-refractivity contribution >= 4 is 0 Å². The standard InChI is InChI=1S/C14H24N2O2/c1-9-11(10(2)17-16-9)8-15-12-7-13(3,4)18-14(12,5)6/h12,15H,7-8H2,1-6H3. The first-order chi connectivity index (χ1) is 8.21. The summed E-state index contributed by atoms with van der Waals surface area (Å²) in [7, 11) is 0. The Morgan fingerprint density at radius 2 is 1.94 bits per heavy atom. The zero-order chi connectivity index (χ0) is 13.6. The van der Waals surface area contributed by atoms with Crippen LogP contribution in [-0.2, 0) is 11.3 Å². The van der Waals surface area contributed by atoms with Crippen LogP contribution in [0.1, 0.15) is 51.1 Å². The Labute approximate surface area is 109 Å². The minimum atomic E-state index is -0.136. The third-order valence-electron chi connectivity index (χ3n) is 3.78. The van der Waals surface area contributed by atoms with E-state index in [0.29, 0.717) is 6.04 Å². The Bertz CT molecular complexity index is 416. The van der Waals surface area contributed by atoms with Crippen molar-refractivity contribution in [2.75, 3.05) is 0 Å². The molecule has 1 fully saturated rings. The quantitative estimate of drug-likeness (QED) is 0.898. The molecule has 0 bridgehead atoms. The molecule has 1 aromatic heterocycles. The van der Waals surface area contributed by atoms with E-state index >= 15 is 0 Å². The molecular formula is C14H24N2O2. The Balaban J connectivity index is 2.03. The first-order valence-electron chi connectivity index (χ1n) is 6.56. The van der Waals surface area contributed by atoms with Crippen LogP contribution in [0.3, 0.4) is 0 Å². The molecule has 0 radical (unpaired) electrons. The van der Waals surface area contributed by atoms with Crippen molar-refractivity contribution in [1.82, 2.24) is 10.5 Å². The summed E-state index contributed by atoms with van der Waals surface area (Å²) in [5.41, 5.74) is 1.94. The number of nitrogens with one attached hydrogen (secondary N) is 1. The molecule has 0 saturated carbocycles. The lowest BCUT2D eigenvalue weighted by molar-refractivity contribution is -0.0699. The number of ether oxygens (including phenoxy) is 1. The van der Waals surface area contributed by atoms with Gasteiger partial charge in [0.2, 0.25) is 0 Å². The van der Waals surface area contributed by atoms with Gasteiger partial charge in [0, 0.05) is 18.2 Å². The fourth-order valence-electron chi connectivity index (χ4n) is 2.86. The van der Waals surface area contributed by atoms with E-state index in [1.807, 2.05) is 13.8 Å². The minimum Gasteiger partial charge on any atom is -0.368 e. The zero-order valence-electron chi connectivity index (χ0n) is 12.3. The average molecular weight is 252 g/mol. The molecule has 1 aliphatic rings. The maximum atomic E-state index is 6.08. The summed E-state index contributed by atoms with van der Waals surface area (Å²) in [6, 6.07) is 0.348. The van der Waals surface area contributed by atoms with E-state index in [1.165, 1.54) is 0 Å². The lowest BCUT2D eigenvalue weighted by Gasteiger charge is -2.27. The summed E-state index contributed by atoms with van der Waals surface area (Å²) in [4.78, 5) is 0. The van der Waals surface area contributed by atoms with E-state index in [9.17, 15) is 0 Å². The van der Waals surface area contributed by atoms with Gasteiger partial charge in [-0.2, -0.15) is 0 Å². The smallest absolute Gasteiger partial charge is 0.138 e. The third kappa shape index (κ3) is 2.59.